The second-order valence-electron chi connectivity index (χ2n) is 6.95. The van der Waals surface area contributed by atoms with Gasteiger partial charge in [-0.05, 0) is 54.8 Å². The topological polar surface area (TPSA) is 63.8 Å². The summed E-state index contributed by atoms with van der Waals surface area (Å²) in [5.74, 6) is 1.53. The minimum absolute atomic E-state index is 0.391. The number of nitrogens with zero attached hydrogens (tertiary/aromatic N) is 3. The molecular weight excluding hydrogens is 396 g/mol. The molecule has 2 aromatic carbocycles. The van der Waals surface area contributed by atoms with Crippen LogP contribution in [0.3, 0.4) is 0 Å². The highest BCUT2D eigenvalue weighted by Crippen LogP contribution is 2.32. The van der Waals surface area contributed by atoms with Crippen molar-refractivity contribution in [3.63, 3.8) is 0 Å². The van der Waals surface area contributed by atoms with Crippen LogP contribution >= 0.6 is 11.6 Å². The van der Waals surface area contributed by atoms with Crippen LogP contribution in [-0.4, -0.2) is 22.2 Å². The molecule has 4 rings (SSSR count). The molecule has 0 aliphatic heterocycles. The van der Waals surface area contributed by atoms with Crippen LogP contribution in [0, 0.1) is 13.8 Å². The molecular formula is C24H21ClN4O. The summed E-state index contributed by atoms with van der Waals surface area (Å²) >= 11 is 6.51. The summed E-state index contributed by atoms with van der Waals surface area (Å²) in [5.41, 5.74) is 5.83. The summed E-state index contributed by atoms with van der Waals surface area (Å²) in [6.07, 6.45) is 3.73. The second kappa shape index (κ2) is 8.51. The molecule has 1 N–H and O–H groups in total. The summed E-state index contributed by atoms with van der Waals surface area (Å²) in [5, 5.41) is 7.87. The molecule has 0 radical (unpaired) electrons. The lowest BCUT2D eigenvalue weighted by Gasteiger charge is -2.07. The maximum atomic E-state index is 6.51. The van der Waals surface area contributed by atoms with Gasteiger partial charge >= 0.3 is 0 Å². The minimum atomic E-state index is 0.391. The molecule has 0 saturated heterocycles. The predicted molar refractivity (Wildman–Crippen MR) is 121 cm³/mol. The van der Waals surface area contributed by atoms with Crippen LogP contribution in [-0.2, 0) is 0 Å². The lowest BCUT2D eigenvalue weighted by Crippen LogP contribution is -1.96. The van der Waals surface area contributed by atoms with Crippen LogP contribution < -0.4 is 5.32 Å². The van der Waals surface area contributed by atoms with Crippen molar-refractivity contribution in [1.82, 2.24) is 15.1 Å². The van der Waals surface area contributed by atoms with Gasteiger partial charge in [-0.25, -0.2) is 4.98 Å². The minimum Gasteiger partial charge on any atom is -0.373 e. The number of rotatable bonds is 5. The van der Waals surface area contributed by atoms with E-state index < -0.39 is 0 Å². The Morgan fingerprint density at radius 2 is 1.87 bits per heavy atom. The third kappa shape index (κ3) is 3.98. The first kappa shape index (κ1) is 19.9. The molecule has 5 nitrogen and oxygen atoms in total. The van der Waals surface area contributed by atoms with Gasteiger partial charge in [0.1, 0.15) is 5.82 Å². The summed E-state index contributed by atoms with van der Waals surface area (Å²) in [7, 11) is 1.81. The monoisotopic (exact) mass is 416 g/mol. The Kier molecular flexibility index (Phi) is 5.63. The number of nitrogens with one attached hydrogen (secondary N) is 1. The van der Waals surface area contributed by atoms with Gasteiger partial charge in [-0.1, -0.05) is 53.2 Å². The zero-order valence-electron chi connectivity index (χ0n) is 17.0. The molecule has 4 aromatic rings. The van der Waals surface area contributed by atoms with Crippen molar-refractivity contribution in [2.24, 2.45) is 0 Å². The van der Waals surface area contributed by atoms with Gasteiger partial charge in [0.05, 0.1) is 5.56 Å². The van der Waals surface area contributed by atoms with Gasteiger partial charge in [0.15, 0.2) is 0 Å². The highest BCUT2D eigenvalue weighted by atomic mass is 35.5. The predicted octanol–water partition coefficient (Wildman–Crippen LogP) is 6.03. The Hall–Kier alpha value is -3.44. The highest BCUT2D eigenvalue weighted by Gasteiger charge is 2.18. The number of hydrogen-bond donors (Lipinski definition) is 1. The lowest BCUT2D eigenvalue weighted by molar-refractivity contribution is 0.409. The Morgan fingerprint density at radius 3 is 2.63 bits per heavy atom. The van der Waals surface area contributed by atoms with Gasteiger partial charge in [-0.15, -0.1) is 0 Å². The van der Waals surface area contributed by atoms with Crippen molar-refractivity contribution in [3.8, 4) is 11.4 Å². The van der Waals surface area contributed by atoms with E-state index in [0.717, 1.165) is 22.3 Å². The van der Waals surface area contributed by atoms with Crippen molar-refractivity contribution in [1.29, 1.82) is 0 Å². The van der Waals surface area contributed by atoms with Crippen LogP contribution in [0.1, 0.15) is 28.1 Å². The van der Waals surface area contributed by atoms with Crippen molar-refractivity contribution in [2.75, 3.05) is 12.4 Å². The van der Waals surface area contributed by atoms with Crippen molar-refractivity contribution >= 4 is 29.1 Å². The number of pyridine rings is 1. The average molecular weight is 417 g/mol. The Balaban J connectivity index is 1.85. The molecule has 2 heterocycles. The zero-order valence-corrected chi connectivity index (χ0v) is 17.7. The third-order valence-corrected chi connectivity index (χ3v) is 5.28. The van der Waals surface area contributed by atoms with Crippen molar-refractivity contribution < 1.29 is 4.52 Å². The first-order chi connectivity index (χ1) is 14.6. The van der Waals surface area contributed by atoms with E-state index in [1.165, 1.54) is 11.1 Å². The fourth-order valence-corrected chi connectivity index (χ4v) is 3.42. The van der Waals surface area contributed by atoms with Crippen LogP contribution in [0.25, 0.3) is 23.0 Å². The summed E-state index contributed by atoms with van der Waals surface area (Å²) < 4.78 is 5.67. The van der Waals surface area contributed by atoms with E-state index >= 15 is 0 Å². The van der Waals surface area contributed by atoms with Gasteiger partial charge in [0.2, 0.25) is 5.82 Å². The standard InChI is InChI=1S/C24H21ClN4O/c1-15-10-11-17(13-16(15)2)14-20(18-7-4-5-9-21(18)25)24-28-23(29-30-24)19-8-6-12-27-22(19)26-3/h4-14H,1-3H3,(H,26,27)/b20-14+. The van der Waals surface area contributed by atoms with Gasteiger partial charge < -0.3 is 9.84 Å². The van der Waals surface area contributed by atoms with E-state index in [-0.39, 0.29) is 0 Å². The number of benzene rings is 2. The quantitative estimate of drug-likeness (QED) is 0.402. The Labute approximate surface area is 180 Å². The van der Waals surface area contributed by atoms with Gasteiger partial charge in [-0.2, -0.15) is 4.98 Å². The molecule has 0 atom stereocenters. The van der Waals surface area contributed by atoms with E-state index in [0.29, 0.717) is 22.6 Å². The number of aromatic nitrogens is 3. The molecule has 6 heteroatoms. The first-order valence-electron chi connectivity index (χ1n) is 9.58. The SMILES string of the molecule is CNc1ncccc1-c1noc(/C(=C/c2ccc(C)c(C)c2)c2ccccc2Cl)n1. The number of halogens is 1. The van der Waals surface area contributed by atoms with Crippen LogP contribution in [0.15, 0.2) is 65.3 Å². The molecule has 0 spiro atoms. The molecule has 0 saturated carbocycles. The van der Waals surface area contributed by atoms with E-state index in [1.54, 1.807) is 6.20 Å². The average Bonchev–Trinajstić information content (AvgIpc) is 3.25. The van der Waals surface area contributed by atoms with Crippen LogP contribution in [0.5, 0.6) is 0 Å². The molecule has 0 amide bonds. The van der Waals surface area contributed by atoms with Gasteiger partial charge in [0.25, 0.3) is 5.89 Å². The van der Waals surface area contributed by atoms with E-state index in [9.17, 15) is 0 Å². The number of anilines is 1. The van der Waals surface area contributed by atoms with Crippen LogP contribution in [0.4, 0.5) is 5.82 Å². The molecule has 0 fully saturated rings. The molecule has 0 aliphatic carbocycles. The van der Waals surface area contributed by atoms with Crippen LogP contribution in [0.2, 0.25) is 5.02 Å². The maximum absolute atomic E-state index is 6.51. The van der Waals surface area contributed by atoms with Gasteiger partial charge in [-0.3, -0.25) is 0 Å². The summed E-state index contributed by atoms with van der Waals surface area (Å²) in [6.45, 7) is 4.18. The number of hydrogen-bond acceptors (Lipinski definition) is 5. The molecule has 0 unspecified atom stereocenters. The third-order valence-electron chi connectivity index (χ3n) is 4.95. The Bertz CT molecular complexity index is 1230. The Morgan fingerprint density at radius 1 is 1.03 bits per heavy atom. The molecule has 30 heavy (non-hydrogen) atoms. The fourth-order valence-electron chi connectivity index (χ4n) is 3.18. The first-order valence-corrected chi connectivity index (χ1v) is 9.95. The second-order valence-corrected chi connectivity index (χ2v) is 7.36. The smallest absolute Gasteiger partial charge is 0.258 e. The molecule has 2 aromatic heterocycles. The van der Waals surface area contributed by atoms with E-state index in [1.807, 2.05) is 49.5 Å². The summed E-state index contributed by atoms with van der Waals surface area (Å²) in [6, 6.07) is 17.7. The van der Waals surface area contributed by atoms with Gasteiger partial charge in [0, 0.05) is 29.4 Å². The number of aryl methyl sites for hydroxylation is 2. The highest BCUT2D eigenvalue weighted by molar-refractivity contribution is 6.32. The molecule has 0 bridgehead atoms. The van der Waals surface area contributed by atoms with E-state index in [4.69, 9.17) is 16.1 Å². The lowest BCUT2D eigenvalue weighted by atomic mass is 10.00. The van der Waals surface area contributed by atoms with E-state index in [2.05, 4.69) is 52.5 Å². The van der Waals surface area contributed by atoms with Crippen molar-refractivity contribution in [3.05, 3.63) is 94.0 Å². The zero-order chi connectivity index (χ0) is 21.1. The van der Waals surface area contributed by atoms with Crippen molar-refractivity contribution in [2.45, 2.75) is 13.8 Å². The fraction of sp³-hybridized carbons (Fsp3) is 0.125. The summed E-state index contributed by atoms with van der Waals surface area (Å²) in [4.78, 5) is 8.98. The normalized spacial score (nSPS) is 11.5. The maximum Gasteiger partial charge on any atom is 0.258 e. The molecule has 150 valence electrons. The molecule has 0 aliphatic rings. The largest absolute Gasteiger partial charge is 0.373 e.